The zero-order valence-corrected chi connectivity index (χ0v) is 15.4. The lowest BCUT2D eigenvalue weighted by Crippen LogP contribution is -2.32. The fourth-order valence-electron chi connectivity index (χ4n) is 2.21. The van der Waals surface area contributed by atoms with Crippen molar-refractivity contribution in [2.75, 3.05) is 4.98 Å². The van der Waals surface area contributed by atoms with Crippen molar-refractivity contribution < 1.29 is 4.43 Å². The van der Waals surface area contributed by atoms with Crippen LogP contribution in [0.15, 0.2) is 36.4 Å². The molecule has 0 aliphatic heterocycles. The fraction of sp³-hybridized carbons (Fsp3) is 0.375. The molecule has 1 N–H and O–H groups in total. The van der Waals surface area contributed by atoms with Crippen LogP contribution in [0.5, 0.6) is 5.75 Å². The first kappa shape index (κ1) is 15.1. The number of anilines is 1. The van der Waals surface area contributed by atoms with Gasteiger partial charge in [0.25, 0.3) is 0 Å². The summed E-state index contributed by atoms with van der Waals surface area (Å²) in [6, 6.07) is 12.8. The Balaban J connectivity index is 2.52. The number of fused-ring (bicyclic) bond motifs is 1. The maximum Gasteiger partial charge on any atom is 0.242 e. The van der Waals surface area contributed by atoms with Gasteiger partial charge in [0.05, 0.1) is 0 Å². The minimum atomic E-state index is -1.59. The Hall–Kier alpha value is -1.27. The molecule has 0 heterocycles. The van der Waals surface area contributed by atoms with Crippen LogP contribution in [0, 0.1) is 0 Å². The molecule has 20 heavy (non-hydrogen) atoms. The Morgan fingerprint density at radius 2 is 1.40 bits per heavy atom. The summed E-state index contributed by atoms with van der Waals surface area (Å²) in [5.41, 5.74) is 1.22. The molecule has 0 spiro atoms. The summed E-state index contributed by atoms with van der Waals surface area (Å²) in [4.78, 5) is 3.71. The molecule has 2 rings (SSSR count). The molecule has 0 unspecified atom stereocenters. The highest BCUT2D eigenvalue weighted by atomic mass is 28.4. The first-order valence-corrected chi connectivity index (χ1v) is 14.1. The van der Waals surface area contributed by atoms with Gasteiger partial charge >= 0.3 is 0 Å². The standard InChI is InChI=1S/C16H25NOSi2/c1-19(2,3)17-15-11-7-10-14-13(15)9-8-12-16(14)18-20(4,5)6/h7-12,17H,1-6H3. The summed E-state index contributed by atoms with van der Waals surface area (Å²) < 4.78 is 6.22. The smallest absolute Gasteiger partial charge is 0.242 e. The van der Waals surface area contributed by atoms with E-state index in [0.717, 1.165) is 5.75 Å². The molecular formula is C16H25NOSi2. The van der Waals surface area contributed by atoms with Gasteiger partial charge in [0.2, 0.25) is 8.32 Å². The van der Waals surface area contributed by atoms with Crippen molar-refractivity contribution >= 4 is 33.0 Å². The fourth-order valence-corrected chi connectivity index (χ4v) is 4.08. The Bertz CT molecular complexity index is 557. The van der Waals surface area contributed by atoms with Crippen LogP contribution in [0.25, 0.3) is 10.8 Å². The van der Waals surface area contributed by atoms with Crippen molar-refractivity contribution in [3.63, 3.8) is 0 Å². The topological polar surface area (TPSA) is 21.3 Å². The molecule has 4 heteroatoms. The normalized spacial score (nSPS) is 12.5. The summed E-state index contributed by atoms with van der Waals surface area (Å²) in [5.74, 6) is 1.01. The second-order valence-electron chi connectivity index (χ2n) is 7.25. The van der Waals surface area contributed by atoms with Crippen molar-refractivity contribution in [3.8, 4) is 5.75 Å². The van der Waals surface area contributed by atoms with E-state index in [1.54, 1.807) is 0 Å². The average Bonchev–Trinajstić information content (AvgIpc) is 2.26. The van der Waals surface area contributed by atoms with Crippen LogP contribution < -0.4 is 9.41 Å². The zero-order chi connectivity index (χ0) is 15.0. The van der Waals surface area contributed by atoms with Gasteiger partial charge in [-0.25, -0.2) is 0 Å². The summed E-state index contributed by atoms with van der Waals surface area (Å²) in [6.45, 7) is 13.6. The second-order valence-corrected chi connectivity index (χ2v) is 16.4. The van der Waals surface area contributed by atoms with Gasteiger partial charge in [0.15, 0.2) is 0 Å². The zero-order valence-electron chi connectivity index (χ0n) is 13.4. The monoisotopic (exact) mass is 303 g/mol. The van der Waals surface area contributed by atoms with Gasteiger partial charge in [0.1, 0.15) is 14.0 Å². The molecule has 2 aromatic rings. The van der Waals surface area contributed by atoms with Crippen LogP contribution in [0.3, 0.4) is 0 Å². The first-order valence-electron chi connectivity index (χ1n) is 7.15. The highest BCUT2D eigenvalue weighted by Crippen LogP contribution is 2.32. The lowest BCUT2D eigenvalue weighted by molar-refractivity contribution is 0.564. The van der Waals surface area contributed by atoms with Crippen LogP contribution in [-0.2, 0) is 0 Å². The van der Waals surface area contributed by atoms with E-state index in [4.69, 9.17) is 4.43 Å². The molecule has 2 nitrogen and oxygen atoms in total. The Labute approximate surface area is 124 Å². The van der Waals surface area contributed by atoms with Crippen molar-refractivity contribution in [2.45, 2.75) is 39.3 Å². The van der Waals surface area contributed by atoms with Crippen LogP contribution in [0.4, 0.5) is 5.69 Å². The largest absolute Gasteiger partial charge is 0.544 e. The third-order valence-electron chi connectivity index (χ3n) is 2.81. The van der Waals surface area contributed by atoms with E-state index < -0.39 is 16.6 Å². The predicted octanol–water partition coefficient (Wildman–Crippen LogP) is 5.30. The number of benzene rings is 2. The van der Waals surface area contributed by atoms with E-state index in [1.807, 2.05) is 0 Å². The lowest BCUT2D eigenvalue weighted by Gasteiger charge is -2.23. The van der Waals surface area contributed by atoms with Gasteiger partial charge < -0.3 is 9.41 Å². The van der Waals surface area contributed by atoms with E-state index in [0.29, 0.717) is 0 Å². The molecule has 0 atom stereocenters. The van der Waals surface area contributed by atoms with E-state index in [1.165, 1.54) is 16.5 Å². The molecule has 0 fully saturated rings. The molecule has 0 aliphatic rings. The van der Waals surface area contributed by atoms with E-state index in [9.17, 15) is 0 Å². The minimum Gasteiger partial charge on any atom is -0.544 e. The molecule has 2 aromatic carbocycles. The summed E-state index contributed by atoms with van der Waals surface area (Å²) >= 11 is 0. The maximum atomic E-state index is 6.22. The molecule has 0 aromatic heterocycles. The van der Waals surface area contributed by atoms with Crippen LogP contribution in [0.1, 0.15) is 0 Å². The Kier molecular flexibility index (Phi) is 3.98. The van der Waals surface area contributed by atoms with E-state index >= 15 is 0 Å². The molecule has 0 amide bonds. The van der Waals surface area contributed by atoms with Crippen molar-refractivity contribution in [3.05, 3.63) is 36.4 Å². The van der Waals surface area contributed by atoms with Gasteiger partial charge in [-0.1, -0.05) is 43.9 Å². The number of hydrogen-bond donors (Lipinski definition) is 1. The Morgan fingerprint density at radius 1 is 0.800 bits per heavy atom. The van der Waals surface area contributed by atoms with Crippen molar-refractivity contribution in [1.29, 1.82) is 0 Å². The van der Waals surface area contributed by atoms with E-state index in [-0.39, 0.29) is 0 Å². The molecule has 108 valence electrons. The maximum absolute atomic E-state index is 6.22. The van der Waals surface area contributed by atoms with E-state index in [2.05, 4.69) is 80.7 Å². The van der Waals surface area contributed by atoms with Gasteiger partial charge in [-0.05, 0) is 31.8 Å². The third-order valence-corrected chi connectivity index (χ3v) is 4.66. The molecule has 0 bridgehead atoms. The van der Waals surface area contributed by atoms with Crippen molar-refractivity contribution in [2.24, 2.45) is 0 Å². The number of rotatable bonds is 4. The average molecular weight is 304 g/mol. The highest BCUT2D eigenvalue weighted by molar-refractivity contribution is 6.79. The van der Waals surface area contributed by atoms with Crippen LogP contribution in [-0.4, -0.2) is 16.6 Å². The van der Waals surface area contributed by atoms with Gasteiger partial charge in [-0.3, -0.25) is 0 Å². The quantitative estimate of drug-likeness (QED) is 0.774. The minimum absolute atomic E-state index is 1.01. The second kappa shape index (κ2) is 5.26. The molecular weight excluding hydrogens is 278 g/mol. The first-order chi connectivity index (χ1) is 9.16. The highest BCUT2D eigenvalue weighted by Gasteiger charge is 2.19. The van der Waals surface area contributed by atoms with Crippen LogP contribution in [0.2, 0.25) is 39.3 Å². The SMILES string of the molecule is C[Si](C)(C)Nc1cccc2c(O[Si](C)(C)C)cccc12. The predicted molar refractivity (Wildman–Crippen MR) is 94.9 cm³/mol. The molecule has 0 aliphatic carbocycles. The van der Waals surface area contributed by atoms with Gasteiger partial charge in [-0.15, -0.1) is 0 Å². The van der Waals surface area contributed by atoms with Gasteiger partial charge in [0, 0.05) is 16.5 Å². The van der Waals surface area contributed by atoms with Crippen LogP contribution >= 0.6 is 0 Å². The Morgan fingerprint density at radius 3 is 2.00 bits per heavy atom. The molecule has 0 saturated carbocycles. The van der Waals surface area contributed by atoms with Crippen molar-refractivity contribution in [1.82, 2.24) is 0 Å². The summed E-state index contributed by atoms with van der Waals surface area (Å²) in [6.07, 6.45) is 0. The molecule has 0 radical (unpaired) electrons. The lowest BCUT2D eigenvalue weighted by atomic mass is 10.1. The molecule has 0 saturated heterocycles. The summed E-state index contributed by atoms with van der Waals surface area (Å²) in [5, 5.41) is 2.46. The summed E-state index contributed by atoms with van der Waals surface area (Å²) in [7, 11) is -2.95. The number of nitrogens with one attached hydrogen (secondary N) is 1. The van der Waals surface area contributed by atoms with Gasteiger partial charge in [-0.2, -0.15) is 0 Å². The number of hydrogen-bond acceptors (Lipinski definition) is 2. The third kappa shape index (κ3) is 3.87.